The average molecular weight is 287 g/mol. The summed E-state index contributed by atoms with van der Waals surface area (Å²) in [6.45, 7) is 2.36. The molecule has 21 heavy (non-hydrogen) atoms. The molecule has 0 spiro atoms. The topological polar surface area (TPSA) is 54.0 Å². The number of aromatic nitrogens is 1. The maximum Gasteiger partial charge on any atom is 0.253 e. The van der Waals surface area contributed by atoms with Crippen molar-refractivity contribution in [2.45, 2.75) is 13.3 Å². The molecule has 0 aliphatic heterocycles. The van der Waals surface area contributed by atoms with E-state index >= 15 is 0 Å². The van der Waals surface area contributed by atoms with Crippen LogP contribution in [0.4, 0.5) is 10.1 Å². The van der Waals surface area contributed by atoms with Gasteiger partial charge in [-0.2, -0.15) is 0 Å². The Morgan fingerprint density at radius 3 is 2.86 bits per heavy atom. The van der Waals surface area contributed by atoms with Crippen molar-refractivity contribution in [3.8, 4) is 0 Å². The van der Waals surface area contributed by atoms with Crippen LogP contribution in [0.5, 0.6) is 0 Å². The van der Waals surface area contributed by atoms with Crippen molar-refractivity contribution in [2.24, 2.45) is 0 Å². The molecule has 0 atom stereocenters. The number of rotatable bonds is 5. The van der Waals surface area contributed by atoms with Crippen molar-refractivity contribution in [1.82, 2.24) is 10.3 Å². The number of carbonyl (C=O) groups excluding carboxylic acids is 1. The van der Waals surface area contributed by atoms with E-state index in [0.29, 0.717) is 24.2 Å². The minimum atomic E-state index is -0.240. The van der Waals surface area contributed by atoms with E-state index < -0.39 is 0 Å². The lowest BCUT2D eigenvalue weighted by Gasteiger charge is -2.10. The number of carbonyl (C=O) groups is 1. The number of hydrogen-bond acceptors (Lipinski definition) is 3. The molecule has 1 heterocycles. The predicted molar refractivity (Wildman–Crippen MR) is 81.0 cm³/mol. The lowest BCUT2D eigenvalue weighted by Crippen LogP contribution is -2.26. The smallest absolute Gasteiger partial charge is 0.253 e. The van der Waals surface area contributed by atoms with Gasteiger partial charge in [-0.3, -0.25) is 9.78 Å². The molecule has 110 valence electrons. The molecule has 0 aliphatic rings. The van der Waals surface area contributed by atoms with Crippen LogP contribution in [0.3, 0.4) is 0 Å². The summed E-state index contributed by atoms with van der Waals surface area (Å²) in [6, 6.07) is 6.36. The molecule has 1 amide bonds. The highest BCUT2D eigenvalue weighted by atomic mass is 19.1. The Balaban J connectivity index is 1.95. The van der Waals surface area contributed by atoms with Crippen LogP contribution in [0.2, 0.25) is 0 Å². The third-order valence-corrected chi connectivity index (χ3v) is 3.32. The van der Waals surface area contributed by atoms with Crippen molar-refractivity contribution in [3.05, 3.63) is 59.2 Å². The highest BCUT2D eigenvalue weighted by Crippen LogP contribution is 2.13. The summed E-state index contributed by atoms with van der Waals surface area (Å²) in [4.78, 5) is 16.1. The third-order valence-electron chi connectivity index (χ3n) is 3.32. The molecule has 2 N–H and O–H groups in total. The van der Waals surface area contributed by atoms with Gasteiger partial charge in [-0.1, -0.05) is 6.07 Å². The van der Waals surface area contributed by atoms with Crippen LogP contribution in [0.1, 0.15) is 21.5 Å². The van der Waals surface area contributed by atoms with Gasteiger partial charge in [0.2, 0.25) is 0 Å². The van der Waals surface area contributed by atoms with Crippen molar-refractivity contribution >= 4 is 11.6 Å². The zero-order valence-electron chi connectivity index (χ0n) is 12.1. The fraction of sp³-hybridized carbons (Fsp3) is 0.250. The van der Waals surface area contributed by atoms with E-state index in [0.717, 1.165) is 11.1 Å². The van der Waals surface area contributed by atoms with Gasteiger partial charge in [-0.15, -0.1) is 0 Å². The SMILES string of the molecule is CNc1cnccc1C(=O)NCCc1ccc(F)cc1C. The molecule has 0 saturated carbocycles. The Labute approximate surface area is 123 Å². The summed E-state index contributed by atoms with van der Waals surface area (Å²) in [6.07, 6.45) is 3.86. The number of pyridine rings is 1. The van der Waals surface area contributed by atoms with Crippen molar-refractivity contribution in [1.29, 1.82) is 0 Å². The molecule has 0 aliphatic carbocycles. The number of nitrogens with one attached hydrogen (secondary N) is 2. The predicted octanol–water partition coefficient (Wildman–Crippen LogP) is 2.54. The average Bonchev–Trinajstić information content (AvgIpc) is 2.49. The van der Waals surface area contributed by atoms with Crippen LogP contribution in [0, 0.1) is 12.7 Å². The molecular weight excluding hydrogens is 269 g/mol. The van der Waals surface area contributed by atoms with Crippen LogP contribution in [0.25, 0.3) is 0 Å². The highest BCUT2D eigenvalue weighted by molar-refractivity contribution is 5.99. The van der Waals surface area contributed by atoms with Gasteiger partial charge < -0.3 is 10.6 Å². The minimum Gasteiger partial charge on any atom is -0.386 e. The zero-order chi connectivity index (χ0) is 15.2. The molecule has 1 aromatic carbocycles. The Kier molecular flexibility index (Phi) is 4.87. The van der Waals surface area contributed by atoms with E-state index in [1.165, 1.54) is 12.1 Å². The molecule has 5 heteroatoms. The Bertz CT molecular complexity index is 643. The number of aryl methyl sites for hydroxylation is 1. The first kappa shape index (κ1) is 15.0. The van der Waals surface area contributed by atoms with Crippen molar-refractivity contribution < 1.29 is 9.18 Å². The number of benzene rings is 1. The quantitative estimate of drug-likeness (QED) is 0.888. The number of halogens is 1. The summed E-state index contributed by atoms with van der Waals surface area (Å²) in [5.74, 6) is -0.391. The van der Waals surface area contributed by atoms with E-state index in [4.69, 9.17) is 0 Å². The number of hydrogen-bond donors (Lipinski definition) is 2. The van der Waals surface area contributed by atoms with Crippen LogP contribution < -0.4 is 10.6 Å². The number of nitrogens with zero attached hydrogens (tertiary/aromatic N) is 1. The summed E-state index contributed by atoms with van der Waals surface area (Å²) < 4.78 is 13.0. The Morgan fingerprint density at radius 2 is 2.14 bits per heavy atom. The van der Waals surface area contributed by atoms with Crippen LogP contribution >= 0.6 is 0 Å². The van der Waals surface area contributed by atoms with Crippen molar-refractivity contribution in [3.63, 3.8) is 0 Å². The normalized spacial score (nSPS) is 10.2. The molecule has 0 unspecified atom stereocenters. The summed E-state index contributed by atoms with van der Waals surface area (Å²) in [5.41, 5.74) is 3.17. The second-order valence-electron chi connectivity index (χ2n) is 4.75. The van der Waals surface area contributed by atoms with E-state index in [1.54, 1.807) is 31.6 Å². The first-order valence-electron chi connectivity index (χ1n) is 6.77. The van der Waals surface area contributed by atoms with Crippen molar-refractivity contribution in [2.75, 3.05) is 18.9 Å². The number of amides is 1. The van der Waals surface area contributed by atoms with Gasteiger partial charge in [0.15, 0.2) is 0 Å². The molecule has 0 saturated heterocycles. The molecule has 2 aromatic rings. The summed E-state index contributed by atoms with van der Waals surface area (Å²) >= 11 is 0. The van der Waals surface area contributed by atoms with Gasteiger partial charge in [0.05, 0.1) is 17.4 Å². The van der Waals surface area contributed by atoms with Crippen LogP contribution in [-0.4, -0.2) is 24.5 Å². The lowest BCUT2D eigenvalue weighted by molar-refractivity contribution is 0.0955. The van der Waals surface area contributed by atoms with Crippen LogP contribution in [-0.2, 0) is 6.42 Å². The van der Waals surface area contributed by atoms with Gasteiger partial charge in [-0.25, -0.2) is 4.39 Å². The van der Waals surface area contributed by atoms with Gasteiger partial charge in [-0.05, 0) is 42.7 Å². The fourth-order valence-electron chi connectivity index (χ4n) is 2.14. The number of anilines is 1. The van der Waals surface area contributed by atoms with E-state index in [1.807, 2.05) is 6.92 Å². The third kappa shape index (κ3) is 3.78. The second-order valence-corrected chi connectivity index (χ2v) is 4.75. The minimum absolute atomic E-state index is 0.151. The molecule has 0 fully saturated rings. The first-order chi connectivity index (χ1) is 10.1. The molecule has 0 radical (unpaired) electrons. The largest absolute Gasteiger partial charge is 0.386 e. The maximum absolute atomic E-state index is 13.0. The molecule has 4 nitrogen and oxygen atoms in total. The van der Waals surface area contributed by atoms with Gasteiger partial charge in [0.1, 0.15) is 5.82 Å². The molecule has 1 aromatic heterocycles. The highest BCUT2D eigenvalue weighted by Gasteiger charge is 2.10. The maximum atomic E-state index is 13.0. The fourth-order valence-corrected chi connectivity index (χ4v) is 2.14. The standard InChI is InChI=1S/C16H18FN3O/c1-11-9-13(17)4-3-12(11)5-8-20-16(21)14-6-7-19-10-15(14)18-2/h3-4,6-7,9-10,18H,5,8H2,1-2H3,(H,20,21). The van der Waals surface area contributed by atoms with Gasteiger partial charge in [0.25, 0.3) is 5.91 Å². The van der Waals surface area contributed by atoms with E-state index in [-0.39, 0.29) is 11.7 Å². The summed E-state index contributed by atoms with van der Waals surface area (Å²) in [5, 5.41) is 5.80. The summed E-state index contributed by atoms with van der Waals surface area (Å²) in [7, 11) is 1.75. The van der Waals surface area contributed by atoms with Crippen LogP contribution in [0.15, 0.2) is 36.7 Å². The first-order valence-corrected chi connectivity index (χ1v) is 6.77. The Morgan fingerprint density at radius 1 is 1.33 bits per heavy atom. The lowest BCUT2D eigenvalue weighted by atomic mass is 10.1. The van der Waals surface area contributed by atoms with Gasteiger partial charge >= 0.3 is 0 Å². The monoisotopic (exact) mass is 287 g/mol. The van der Waals surface area contributed by atoms with Gasteiger partial charge in [0, 0.05) is 19.8 Å². The van der Waals surface area contributed by atoms with E-state index in [2.05, 4.69) is 15.6 Å². The molecule has 2 rings (SSSR count). The second kappa shape index (κ2) is 6.83. The molecule has 0 bridgehead atoms. The zero-order valence-corrected chi connectivity index (χ0v) is 12.1. The molecular formula is C16H18FN3O. The Hall–Kier alpha value is -2.43. The van der Waals surface area contributed by atoms with E-state index in [9.17, 15) is 9.18 Å².